The maximum absolute atomic E-state index is 11.5. The molecule has 3 aliphatic rings. The summed E-state index contributed by atoms with van der Waals surface area (Å²) in [7, 11) is -0.640. The number of rotatable bonds is 10. The molecule has 8 nitrogen and oxygen atoms in total. The molecule has 3 N–H and O–H groups in total. The summed E-state index contributed by atoms with van der Waals surface area (Å²) in [5.41, 5.74) is 5.36. The first-order valence-electron chi connectivity index (χ1n) is 10.8. The second kappa shape index (κ2) is 8.97. The number of nitrogens with zero attached hydrogens (tertiary/aromatic N) is 3. The lowest BCUT2D eigenvalue weighted by molar-refractivity contribution is -0.139. The summed E-state index contributed by atoms with van der Waals surface area (Å²) in [4.78, 5) is 18.5. The van der Waals surface area contributed by atoms with Crippen molar-refractivity contribution in [3.63, 3.8) is 0 Å². The van der Waals surface area contributed by atoms with Gasteiger partial charge in [-0.1, -0.05) is 6.07 Å². The Morgan fingerprint density at radius 3 is 2.68 bits per heavy atom. The number of carbonyl (C=O) groups is 1. The molecule has 1 saturated heterocycles. The summed E-state index contributed by atoms with van der Waals surface area (Å²) in [6.45, 7) is 2.88. The maximum atomic E-state index is 11.5. The van der Waals surface area contributed by atoms with Crippen molar-refractivity contribution in [2.24, 2.45) is 11.8 Å². The van der Waals surface area contributed by atoms with E-state index in [0.717, 1.165) is 47.8 Å². The Balaban J connectivity index is 1.43. The van der Waals surface area contributed by atoms with E-state index in [1.807, 2.05) is 12.1 Å². The van der Waals surface area contributed by atoms with Crippen LogP contribution in [0.3, 0.4) is 0 Å². The SMILES string of the molecule is CS(C)(C)CCOCN1NC(C(=O)O)C=C1Cc1ccc(N2CC3CC3C2)nc1CO. The molecule has 0 aromatic carbocycles. The molecule has 3 heterocycles. The molecule has 4 rings (SSSR count). The van der Waals surface area contributed by atoms with Gasteiger partial charge in [-0.25, -0.2) is 20.4 Å². The van der Waals surface area contributed by atoms with E-state index in [-0.39, 0.29) is 13.3 Å². The third-order valence-electron chi connectivity index (χ3n) is 6.21. The van der Waals surface area contributed by atoms with Crippen LogP contribution in [0.25, 0.3) is 0 Å². The number of carboxylic acids is 1. The van der Waals surface area contributed by atoms with Crippen LogP contribution in [0.5, 0.6) is 0 Å². The molecule has 1 saturated carbocycles. The average Bonchev–Trinajstić information content (AvgIpc) is 3.12. The minimum Gasteiger partial charge on any atom is -0.480 e. The molecule has 2 aliphatic heterocycles. The number of piperidine rings is 1. The summed E-state index contributed by atoms with van der Waals surface area (Å²) in [6.07, 6.45) is 10.3. The number of anilines is 1. The first-order valence-corrected chi connectivity index (χ1v) is 13.8. The fourth-order valence-corrected chi connectivity index (χ4v) is 4.83. The van der Waals surface area contributed by atoms with Crippen LogP contribution in [0.2, 0.25) is 0 Å². The van der Waals surface area contributed by atoms with Gasteiger partial charge < -0.3 is 19.8 Å². The first kappa shape index (κ1) is 22.4. The number of hydrogen-bond donors (Lipinski definition) is 3. The highest BCUT2D eigenvalue weighted by atomic mass is 32.3. The lowest BCUT2D eigenvalue weighted by atomic mass is 10.1. The number of aliphatic hydroxyl groups excluding tert-OH is 1. The summed E-state index contributed by atoms with van der Waals surface area (Å²) in [5.74, 6) is 2.63. The van der Waals surface area contributed by atoms with E-state index in [4.69, 9.17) is 9.72 Å². The van der Waals surface area contributed by atoms with Crippen molar-refractivity contribution in [2.45, 2.75) is 25.5 Å². The van der Waals surface area contributed by atoms with Crippen LogP contribution in [0.15, 0.2) is 23.9 Å². The Morgan fingerprint density at radius 2 is 2.03 bits per heavy atom. The van der Waals surface area contributed by atoms with E-state index < -0.39 is 22.0 Å². The van der Waals surface area contributed by atoms with E-state index in [0.29, 0.717) is 18.7 Å². The van der Waals surface area contributed by atoms with Gasteiger partial charge in [-0.15, -0.1) is 0 Å². The minimum absolute atomic E-state index is 0.141. The number of nitrogens with one attached hydrogen (secondary N) is 1. The smallest absolute Gasteiger partial charge is 0.326 e. The van der Waals surface area contributed by atoms with Gasteiger partial charge in [0.15, 0.2) is 0 Å². The predicted octanol–water partition coefficient (Wildman–Crippen LogP) is 1.40. The molecule has 3 unspecified atom stereocenters. The Morgan fingerprint density at radius 1 is 1.29 bits per heavy atom. The monoisotopic (exact) mass is 450 g/mol. The van der Waals surface area contributed by atoms with Gasteiger partial charge in [-0.2, -0.15) is 0 Å². The number of carboxylic acid groups (broad SMARTS) is 1. The summed E-state index contributed by atoms with van der Waals surface area (Å²) in [6, 6.07) is 3.24. The number of aromatic nitrogens is 1. The van der Waals surface area contributed by atoms with Crippen molar-refractivity contribution in [1.82, 2.24) is 15.4 Å². The van der Waals surface area contributed by atoms with Crippen LogP contribution < -0.4 is 10.3 Å². The Bertz CT molecular complexity index is 846. The zero-order valence-corrected chi connectivity index (χ0v) is 19.4. The molecular weight excluding hydrogens is 416 g/mol. The Labute approximate surface area is 185 Å². The summed E-state index contributed by atoms with van der Waals surface area (Å²) >= 11 is 0. The van der Waals surface area contributed by atoms with Crippen LogP contribution in [0.4, 0.5) is 5.82 Å². The predicted molar refractivity (Wildman–Crippen MR) is 123 cm³/mol. The van der Waals surface area contributed by atoms with E-state index in [9.17, 15) is 15.0 Å². The van der Waals surface area contributed by atoms with E-state index in [2.05, 4.69) is 29.1 Å². The number of hydrogen-bond acceptors (Lipinski definition) is 7. The minimum atomic E-state index is -0.928. The number of aliphatic hydroxyl groups is 1. The normalized spacial score (nSPS) is 25.5. The fourth-order valence-electron chi connectivity index (χ4n) is 4.21. The lowest BCUT2D eigenvalue weighted by Gasteiger charge is -2.27. The highest BCUT2D eigenvalue weighted by Crippen LogP contribution is 2.46. The van der Waals surface area contributed by atoms with Gasteiger partial charge in [-0.05, 0) is 54.7 Å². The standard InChI is InChI=1S/C22H34N4O4S/c1-31(2,3)7-6-30-14-26-18(10-19(24-26)22(28)29)9-15-4-5-21(23-20(15)13-27)25-11-16-8-17(16)12-25/h4-5,10,16-17,19,24,27H,6-9,11-14H2,1-3H3,(H,28,29). The summed E-state index contributed by atoms with van der Waals surface area (Å²) in [5, 5.41) is 21.1. The number of ether oxygens (including phenoxy) is 1. The van der Waals surface area contributed by atoms with Crippen LogP contribution >= 0.6 is 10.0 Å². The van der Waals surface area contributed by atoms with E-state index >= 15 is 0 Å². The molecule has 0 radical (unpaired) electrons. The van der Waals surface area contributed by atoms with Crippen LogP contribution in [-0.4, -0.2) is 83.2 Å². The number of aliphatic carboxylic acids is 1. The number of hydrazine groups is 1. The molecule has 1 aromatic heterocycles. The third kappa shape index (κ3) is 5.52. The molecule has 1 aliphatic carbocycles. The van der Waals surface area contributed by atoms with Gasteiger partial charge in [0.1, 0.15) is 18.6 Å². The molecular formula is C22H34N4O4S. The highest BCUT2D eigenvalue weighted by Gasteiger charge is 2.45. The maximum Gasteiger partial charge on any atom is 0.326 e. The molecule has 2 fully saturated rings. The van der Waals surface area contributed by atoms with Crippen molar-refractivity contribution in [2.75, 3.05) is 55.8 Å². The average molecular weight is 451 g/mol. The second-order valence-electron chi connectivity index (χ2n) is 9.63. The molecule has 0 bridgehead atoms. The number of fused-ring (bicyclic) bond motifs is 1. The first-order chi connectivity index (χ1) is 14.7. The molecule has 0 amide bonds. The van der Waals surface area contributed by atoms with Crippen molar-refractivity contribution in [1.29, 1.82) is 0 Å². The molecule has 172 valence electrons. The number of allylic oxidation sites excluding steroid dienone is 1. The highest BCUT2D eigenvalue weighted by molar-refractivity contribution is 8.32. The quantitative estimate of drug-likeness (QED) is 0.460. The topological polar surface area (TPSA) is 98.2 Å². The Kier molecular flexibility index (Phi) is 6.48. The van der Waals surface area contributed by atoms with Gasteiger partial charge in [0.25, 0.3) is 0 Å². The summed E-state index contributed by atoms with van der Waals surface area (Å²) < 4.78 is 5.83. The largest absolute Gasteiger partial charge is 0.480 e. The van der Waals surface area contributed by atoms with Crippen LogP contribution in [0, 0.1) is 11.8 Å². The second-order valence-corrected chi connectivity index (χ2v) is 14.2. The van der Waals surface area contributed by atoms with Gasteiger partial charge in [0, 0.05) is 31.0 Å². The Hall–Kier alpha value is -1.81. The molecule has 9 heteroatoms. The van der Waals surface area contributed by atoms with Gasteiger partial charge in [0.05, 0.1) is 18.9 Å². The van der Waals surface area contributed by atoms with Crippen molar-refractivity contribution >= 4 is 21.8 Å². The van der Waals surface area contributed by atoms with Gasteiger partial charge in [0.2, 0.25) is 0 Å². The van der Waals surface area contributed by atoms with Gasteiger partial charge >= 0.3 is 5.97 Å². The molecule has 3 atom stereocenters. The zero-order chi connectivity index (χ0) is 22.2. The molecule has 0 spiro atoms. The van der Waals surface area contributed by atoms with Crippen molar-refractivity contribution in [3.8, 4) is 0 Å². The zero-order valence-electron chi connectivity index (χ0n) is 18.6. The van der Waals surface area contributed by atoms with Crippen LogP contribution in [-0.2, 0) is 22.6 Å². The van der Waals surface area contributed by atoms with Crippen LogP contribution in [0.1, 0.15) is 17.7 Å². The molecule has 1 aromatic rings. The van der Waals surface area contributed by atoms with E-state index in [1.54, 1.807) is 11.1 Å². The van der Waals surface area contributed by atoms with Crippen molar-refractivity contribution in [3.05, 3.63) is 35.2 Å². The third-order valence-corrected chi connectivity index (χ3v) is 7.60. The fraction of sp³-hybridized carbons (Fsp3) is 0.636. The number of pyridine rings is 1. The van der Waals surface area contributed by atoms with E-state index in [1.165, 1.54) is 6.42 Å². The van der Waals surface area contributed by atoms with Crippen molar-refractivity contribution < 1.29 is 19.7 Å². The lowest BCUT2D eigenvalue weighted by Crippen LogP contribution is -2.42. The van der Waals surface area contributed by atoms with Gasteiger partial charge in [-0.3, -0.25) is 9.80 Å². The molecule has 31 heavy (non-hydrogen) atoms.